The van der Waals surface area contributed by atoms with Crippen molar-refractivity contribution in [3.8, 4) is 5.75 Å². The third kappa shape index (κ3) is 3.58. The summed E-state index contributed by atoms with van der Waals surface area (Å²) in [7, 11) is 1.63. The summed E-state index contributed by atoms with van der Waals surface area (Å²) in [6.45, 7) is 5.69. The van der Waals surface area contributed by atoms with Crippen molar-refractivity contribution < 1.29 is 19.4 Å². The fraction of sp³-hybridized carbons (Fsp3) is 0.550. The molecule has 1 aromatic rings. The molecule has 0 radical (unpaired) electrons. The summed E-state index contributed by atoms with van der Waals surface area (Å²) < 4.78 is 11.3. The van der Waals surface area contributed by atoms with Crippen molar-refractivity contribution >= 4 is 5.91 Å². The van der Waals surface area contributed by atoms with Crippen LogP contribution in [0.4, 0.5) is 0 Å². The summed E-state index contributed by atoms with van der Waals surface area (Å²) in [5.74, 6) is 0.792. The number of nitrogens with zero attached hydrogens (tertiary/aromatic N) is 1. The lowest BCUT2D eigenvalue weighted by molar-refractivity contribution is -0.174. The number of aliphatic hydroxyl groups is 1. The van der Waals surface area contributed by atoms with Crippen LogP contribution in [0.1, 0.15) is 41.6 Å². The molecular weight excluding hydrogens is 318 g/mol. The van der Waals surface area contributed by atoms with Gasteiger partial charge in [0.2, 0.25) is 0 Å². The summed E-state index contributed by atoms with van der Waals surface area (Å²) in [4.78, 5) is 14.7. The predicted octanol–water partition coefficient (Wildman–Crippen LogP) is 2.57. The van der Waals surface area contributed by atoms with Gasteiger partial charge in [-0.2, -0.15) is 0 Å². The van der Waals surface area contributed by atoms with Gasteiger partial charge in [0.15, 0.2) is 0 Å². The third-order valence-corrected chi connectivity index (χ3v) is 5.41. The van der Waals surface area contributed by atoms with Crippen molar-refractivity contribution in [2.75, 3.05) is 26.8 Å². The first-order chi connectivity index (χ1) is 12.1. The molecule has 2 fully saturated rings. The van der Waals surface area contributed by atoms with Crippen molar-refractivity contribution in [1.82, 2.24) is 4.90 Å². The number of benzene rings is 1. The normalized spacial score (nSPS) is 22.6. The molecule has 2 heterocycles. The third-order valence-electron chi connectivity index (χ3n) is 5.41. The van der Waals surface area contributed by atoms with E-state index in [9.17, 15) is 9.90 Å². The summed E-state index contributed by atoms with van der Waals surface area (Å²) >= 11 is 0. The second kappa shape index (κ2) is 7.58. The van der Waals surface area contributed by atoms with Gasteiger partial charge in [-0.15, -0.1) is 6.58 Å². The van der Waals surface area contributed by atoms with Crippen molar-refractivity contribution in [1.29, 1.82) is 0 Å². The zero-order chi connectivity index (χ0) is 17.9. The minimum Gasteiger partial charge on any atom is -0.496 e. The molecule has 0 bridgehead atoms. The van der Waals surface area contributed by atoms with E-state index in [0.717, 1.165) is 24.2 Å². The Balaban J connectivity index is 1.70. The maximum absolute atomic E-state index is 12.9. The van der Waals surface area contributed by atoms with Crippen LogP contribution in [0, 0.1) is 0 Å². The minimum atomic E-state index is -0.455. The molecule has 3 rings (SSSR count). The lowest BCUT2D eigenvalue weighted by Crippen LogP contribution is -2.56. The number of ether oxygens (including phenoxy) is 2. The molecule has 1 N–H and O–H groups in total. The van der Waals surface area contributed by atoms with Crippen LogP contribution in [-0.4, -0.2) is 54.4 Å². The standard InChI is InChI=1S/C20H27NO4/c1-3-5-15-14-16(7-8-17(15)24-2)19(23)21-11-9-20(10-12-21)18(22)6-4-13-25-20/h3,7-8,14,18,22H,1,4-6,9-13H2,2H3. The van der Waals surface area contributed by atoms with Gasteiger partial charge in [0.1, 0.15) is 5.75 Å². The number of carbonyl (C=O) groups excluding carboxylic acids is 1. The van der Waals surface area contributed by atoms with Crippen LogP contribution in [0.25, 0.3) is 0 Å². The first-order valence-electron chi connectivity index (χ1n) is 8.99. The Kier molecular flexibility index (Phi) is 5.45. The van der Waals surface area contributed by atoms with Crippen molar-refractivity contribution in [3.05, 3.63) is 42.0 Å². The number of aliphatic hydroxyl groups excluding tert-OH is 1. The van der Waals surface area contributed by atoms with Crippen LogP contribution in [0.5, 0.6) is 5.75 Å². The zero-order valence-electron chi connectivity index (χ0n) is 14.9. The Morgan fingerprint density at radius 1 is 1.48 bits per heavy atom. The number of allylic oxidation sites excluding steroid dienone is 1. The number of methoxy groups -OCH3 is 1. The highest BCUT2D eigenvalue weighted by molar-refractivity contribution is 5.94. The summed E-state index contributed by atoms with van der Waals surface area (Å²) in [5, 5.41) is 10.3. The van der Waals surface area contributed by atoms with Gasteiger partial charge < -0.3 is 19.5 Å². The highest BCUT2D eigenvalue weighted by atomic mass is 16.5. The SMILES string of the molecule is C=CCc1cc(C(=O)N2CCC3(CC2)OCCCC3O)ccc1OC. The first-order valence-corrected chi connectivity index (χ1v) is 8.99. The monoisotopic (exact) mass is 345 g/mol. The summed E-state index contributed by atoms with van der Waals surface area (Å²) in [6, 6.07) is 5.54. The molecule has 1 atom stereocenters. The highest BCUT2D eigenvalue weighted by Crippen LogP contribution is 2.35. The maximum atomic E-state index is 12.9. The molecule has 5 heteroatoms. The molecule has 5 nitrogen and oxygen atoms in total. The molecule has 0 aromatic heterocycles. The Bertz CT molecular complexity index is 635. The van der Waals surface area contributed by atoms with E-state index >= 15 is 0 Å². The topological polar surface area (TPSA) is 59.0 Å². The van der Waals surface area contributed by atoms with Crippen LogP contribution < -0.4 is 4.74 Å². The second-order valence-electron chi connectivity index (χ2n) is 6.88. The van der Waals surface area contributed by atoms with E-state index in [-0.39, 0.29) is 5.91 Å². The molecule has 2 aliphatic heterocycles. The molecule has 1 amide bonds. The molecule has 2 saturated heterocycles. The average molecular weight is 345 g/mol. The van der Waals surface area contributed by atoms with Crippen LogP contribution in [-0.2, 0) is 11.2 Å². The van der Waals surface area contributed by atoms with Gasteiger partial charge in [-0.3, -0.25) is 4.79 Å². The van der Waals surface area contributed by atoms with Crippen LogP contribution in [0.15, 0.2) is 30.9 Å². The minimum absolute atomic E-state index is 0.0214. The van der Waals surface area contributed by atoms with Crippen LogP contribution in [0.2, 0.25) is 0 Å². The maximum Gasteiger partial charge on any atom is 0.253 e. The van der Waals surface area contributed by atoms with Crippen molar-refractivity contribution in [2.24, 2.45) is 0 Å². The van der Waals surface area contributed by atoms with Gasteiger partial charge in [-0.25, -0.2) is 0 Å². The zero-order valence-corrected chi connectivity index (χ0v) is 14.9. The van der Waals surface area contributed by atoms with Crippen molar-refractivity contribution in [2.45, 2.75) is 43.8 Å². The van der Waals surface area contributed by atoms with E-state index in [1.165, 1.54) is 0 Å². The number of likely N-dealkylation sites (tertiary alicyclic amines) is 1. The molecular formula is C20H27NO4. The largest absolute Gasteiger partial charge is 0.496 e. The molecule has 0 saturated carbocycles. The van der Waals surface area contributed by atoms with Crippen LogP contribution in [0.3, 0.4) is 0 Å². The fourth-order valence-electron chi connectivity index (χ4n) is 3.89. The van der Waals surface area contributed by atoms with Crippen molar-refractivity contribution in [3.63, 3.8) is 0 Å². The Hall–Kier alpha value is -1.85. The molecule has 1 aromatic carbocycles. The van der Waals surface area contributed by atoms with E-state index in [0.29, 0.717) is 44.5 Å². The number of carbonyl (C=O) groups is 1. The summed E-state index contributed by atoms with van der Waals surface area (Å²) in [5.41, 5.74) is 1.17. The quantitative estimate of drug-likeness (QED) is 0.852. The lowest BCUT2D eigenvalue weighted by atomic mass is 9.82. The van der Waals surface area contributed by atoms with E-state index in [1.807, 2.05) is 23.1 Å². The molecule has 136 valence electrons. The average Bonchev–Trinajstić information content (AvgIpc) is 2.64. The van der Waals surface area contributed by atoms with E-state index < -0.39 is 11.7 Å². The number of hydrogen-bond acceptors (Lipinski definition) is 4. The fourth-order valence-corrected chi connectivity index (χ4v) is 3.89. The number of hydrogen-bond donors (Lipinski definition) is 1. The number of amides is 1. The molecule has 2 aliphatic rings. The number of piperidine rings is 1. The van der Waals surface area contributed by atoms with E-state index in [2.05, 4.69) is 6.58 Å². The van der Waals surface area contributed by atoms with Gasteiger partial charge in [0, 0.05) is 25.3 Å². The van der Waals surface area contributed by atoms with Crippen LogP contribution >= 0.6 is 0 Å². The van der Waals surface area contributed by atoms with Gasteiger partial charge in [-0.1, -0.05) is 6.08 Å². The highest BCUT2D eigenvalue weighted by Gasteiger charge is 2.44. The van der Waals surface area contributed by atoms with E-state index in [4.69, 9.17) is 9.47 Å². The second-order valence-corrected chi connectivity index (χ2v) is 6.88. The predicted molar refractivity (Wildman–Crippen MR) is 96.0 cm³/mol. The van der Waals surface area contributed by atoms with Gasteiger partial charge >= 0.3 is 0 Å². The Morgan fingerprint density at radius 2 is 2.24 bits per heavy atom. The molecule has 1 unspecified atom stereocenters. The molecule has 25 heavy (non-hydrogen) atoms. The molecule has 1 spiro atoms. The lowest BCUT2D eigenvalue weighted by Gasteiger charge is -2.46. The Morgan fingerprint density at radius 3 is 2.88 bits per heavy atom. The van der Waals surface area contributed by atoms with E-state index in [1.54, 1.807) is 13.2 Å². The Labute approximate surface area is 149 Å². The van der Waals surface area contributed by atoms with Gasteiger partial charge in [-0.05, 0) is 55.9 Å². The molecule has 0 aliphatic carbocycles. The van der Waals surface area contributed by atoms with Gasteiger partial charge in [0.05, 0.1) is 18.8 Å². The smallest absolute Gasteiger partial charge is 0.253 e. The summed E-state index contributed by atoms with van der Waals surface area (Å²) in [6.07, 6.45) is 5.12. The first kappa shape index (κ1) is 18.0. The van der Waals surface area contributed by atoms with Gasteiger partial charge in [0.25, 0.3) is 5.91 Å². The number of rotatable bonds is 4.